The zero-order chi connectivity index (χ0) is 13.1. The van der Waals surface area contributed by atoms with E-state index in [4.69, 9.17) is 5.26 Å². The molecule has 0 radical (unpaired) electrons. The van der Waals surface area contributed by atoms with Crippen LogP contribution in [-0.4, -0.2) is 0 Å². The van der Waals surface area contributed by atoms with Crippen LogP contribution < -0.4 is 5.32 Å². The Balaban J connectivity index is 2.13. The van der Waals surface area contributed by atoms with Gasteiger partial charge in [0.1, 0.15) is 6.07 Å². The van der Waals surface area contributed by atoms with Gasteiger partial charge >= 0.3 is 0 Å². The van der Waals surface area contributed by atoms with Crippen LogP contribution in [-0.2, 0) is 6.54 Å². The number of nitrogens with one attached hydrogen (secondary N) is 1. The SMILES string of the molecule is Cc1sc(CNc2ccc(Br)cc2C#N)cc1Br. The van der Waals surface area contributed by atoms with E-state index in [1.807, 2.05) is 18.2 Å². The molecular weight excluding hydrogens is 376 g/mol. The molecule has 0 saturated carbocycles. The van der Waals surface area contributed by atoms with Gasteiger partial charge in [0, 0.05) is 25.2 Å². The first-order valence-electron chi connectivity index (χ1n) is 5.28. The number of nitriles is 1. The summed E-state index contributed by atoms with van der Waals surface area (Å²) in [5, 5.41) is 12.4. The third-order valence-electron chi connectivity index (χ3n) is 2.46. The Kier molecular flexibility index (Phi) is 4.44. The van der Waals surface area contributed by atoms with Gasteiger partial charge < -0.3 is 5.32 Å². The average molecular weight is 386 g/mol. The molecule has 0 spiro atoms. The third kappa shape index (κ3) is 3.14. The average Bonchev–Trinajstić information content (AvgIpc) is 2.67. The van der Waals surface area contributed by atoms with Gasteiger partial charge in [0.25, 0.3) is 0 Å². The number of nitrogens with zero attached hydrogens (tertiary/aromatic N) is 1. The Morgan fingerprint density at radius 2 is 2.11 bits per heavy atom. The number of thiophene rings is 1. The highest BCUT2D eigenvalue weighted by Crippen LogP contribution is 2.27. The number of rotatable bonds is 3. The minimum absolute atomic E-state index is 0.650. The van der Waals surface area contributed by atoms with Crippen molar-refractivity contribution in [2.45, 2.75) is 13.5 Å². The first kappa shape index (κ1) is 13.6. The monoisotopic (exact) mass is 384 g/mol. The van der Waals surface area contributed by atoms with E-state index in [0.29, 0.717) is 5.56 Å². The van der Waals surface area contributed by atoms with Crippen molar-refractivity contribution in [2.24, 2.45) is 0 Å². The molecule has 0 aliphatic heterocycles. The van der Waals surface area contributed by atoms with Crippen molar-refractivity contribution in [1.82, 2.24) is 0 Å². The lowest BCUT2D eigenvalue weighted by atomic mass is 10.2. The number of halogens is 2. The maximum Gasteiger partial charge on any atom is 0.101 e. The molecule has 1 N–H and O–H groups in total. The topological polar surface area (TPSA) is 35.8 Å². The Morgan fingerprint density at radius 1 is 1.33 bits per heavy atom. The Hall–Kier alpha value is -0.830. The molecule has 5 heteroatoms. The summed E-state index contributed by atoms with van der Waals surface area (Å²) >= 11 is 8.62. The van der Waals surface area contributed by atoms with Crippen molar-refractivity contribution in [3.8, 4) is 6.07 Å². The van der Waals surface area contributed by atoms with Gasteiger partial charge in [-0.25, -0.2) is 0 Å². The number of aryl methyl sites for hydroxylation is 1. The highest BCUT2D eigenvalue weighted by molar-refractivity contribution is 9.10. The van der Waals surface area contributed by atoms with Crippen molar-refractivity contribution in [2.75, 3.05) is 5.32 Å². The van der Waals surface area contributed by atoms with Crippen LogP contribution in [0.4, 0.5) is 5.69 Å². The molecule has 0 amide bonds. The van der Waals surface area contributed by atoms with E-state index in [1.165, 1.54) is 9.75 Å². The van der Waals surface area contributed by atoms with Gasteiger partial charge in [0.05, 0.1) is 11.3 Å². The summed E-state index contributed by atoms with van der Waals surface area (Å²) in [4.78, 5) is 2.51. The normalized spacial score (nSPS) is 10.1. The molecule has 0 unspecified atom stereocenters. The molecule has 0 atom stereocenters. The van der Waals surface area contributed by atoms with E-state index in [0.717, 1.165) is 21.2 Å². The van der Waals surface area contributed by atoms with E-state index in [-0.39, 0.29) is 0 Å². The molecule has 18 heavy (non-hydrogen) atoms. The maximum atomic E-state index is 9.07. The second kappa shape index (κ2) is 5.87. The fourth-order valence-corrected chi connectivity index (χ4v) is 3.45. The quantitative estimate of drug-likeness (QED) is 0.800. The zero-order valence-electron chi connectivity index (χ0n) is 9.63. The predicted octanol–water partition coefficient (Wildman–Crippen LogP) is 5.07. The molecule has 2 nitrogen and oxygen atoms in total. The van der Waals surface area contributed by atoms with E-state index < -0.39 is 0 Å². The molecule has 0 fully saturated rings. The number of anilines is 1. The van der Waals surface area contributed by atoms with Crippen LogP contribution in [0, 0.1) is 18.3 Å². The molecule has 0 aliphatic rings. The van der Waals surface area contributed by atoms with Gasteiger partial charge in [-0.1, -0.05) is 15.9 Å². The molecule has 0 saturated heterocycles. The van der Waals surface area contributed by atoms with Crippen molar-refractivity contribution in [3.63, 3.8) is 0 Å². The van der Waals surface area contributed by atoms with Gasteiger partial charge in [-0.15, -0.1) is 11.3 Å². The first-order valence-corrected chi connectivity index (χ1v) is 7.68. The van der Waals surface area contributed by atoms with Gasteiger partial charge in [-0.3, -0.25) is 0 Å². The summed E-state index contributed by atoms with van der Waals surface area (Å²) in [6, 6.07) is 9.96. The van der Waals surface area contributed by atoms with Crippen LogP contribution in [0.5, 0.6) is 0 Å². The molecule has 92 valence electrons. The molecular formula is C13H10Br2N2S. The van der Waals surface area contributed by atoms with Crippen molar-refractivity contribution >= 4 is 48.9 Å². The Bertz CT molecular complexity index is 594. The fourth-order valence-electron chi connectivity index (χ4n) is 1.55. The van der Waals surface area contributed by atoms with Gasteiger partial charge in [0.2, 0.25) is 0 Å². The minimum atomic E-state index is 0.650. The van der Waals surface area contributed by atoms with E-state index in [1.54, 1.807) is 11.3 Å². The van der Waals surface area contributed by atoms with Crippen LogP contribution in [0.1, 0.15) is 15.3 Å². The summed E-state index contributed by atoms with van der Waals surface area (Å²) in [5.41, 5.74) is 1.51. The van der Waals surface area contributed by atoms with E-state index >= 15 is 0 Å². The largest absolute Gasteiger partial charge is 0.379 e. The number of benzene rings is 1. The molecule has 1 aromatic carbocycles. The fraction of sp³-hybridized carbons (Fsp3) is 0.154. The van der Waals surface area contributed by atoms with Crippen molar-refractivity contribution < 1.29 is 0 Å². The smallest absolute Gasteiger partial charge is 0.101 e. The lowest BCUT2D eigenvalue weighted by molar-refractivity contribution is 1.19. The van der Waals surface area contributed by atoms with Crippen molar-refractivity contribution in [3.05, 3.63) is 48.5 Å². The van der Waals surface area contributed by atoms with E-state index in [2.05, 4.69) is 56.2 Å². The van der Waals surface area contributed by atoms with Crippen LogP contribution in [0.15, 0.2) is 33.2 Å². The predicted molar refractivity (Wildman–Crippen MR) is 82.9 cm³/mol. The van der Waals surface area contributed by atoms with Gasteiger partial charge in [-0.2, -0.15) is 5.26 Å². The van der Waals surface area contributed by atoms with Crippen LogP contribution in [0.2, 0.25) is 0 Å². The third-order valence-corrected chi connectivity index (χ3v) is 5.09. The highest BCUT2D eigenvalue weighted by atomic mass is 79.9. The Labute approximate surface area is 127 Å². The summed E-state index contributed by atoms with van der Waals surface area (Å²) in [5.74, 6) is 0. The van der Waals surface area contributed by atoms with Gasteiger partial charge in [0.15, 0.2) is 0 Å². The van der Waals surface area contributed by atoms with Crippen LogP contribution in [0.25, 0.3) is 0 Å². The second-order valence-corrected chi connectivity index (χ2v) is 6.88. The second-order valence-electron chi connectivity index (χ2n) is 3.77. The minimum Gasteiger partial charge on any atom is -0.379 e. The highest BCUT2D eigenvalue weighted by Gasteiger charge is 2.05. The summed E-state index contributed by atoms with van der Waals surface area (Å²) in [7, 11) is 0. The molecule has 0 bridgehead atoms. The molecule has 1 heterocycles. The van der Waals surface area contributed by atoms with E-state index in [9.17, 15) is 0 Å². The van der Waals surface area contributed by atoms with Crippen molar-refractivity contribution in [1.29, 1.82) is 5.26 Å². The summed E-state index contributed by atoms with van der Waals surface area (Å²) < 4.78 is 2.06. The summed E-state index contributed by atoms with van der Waals surface area (Å²) in [6.45, 7) is 2.81. The summed E-state index contributed by atoms with van der Waals surface area (Å²) in [6.07, 6.45) is 0. The molecule has 0 aliphatic carbocycles. The molecule has 2 aromatic rings. The lowest BCUT2D eigenvalue weighted by Crippen LogP contribution is -1.99. The molecule has 2 rings (SSSR count). The van der Waals surface area contributed by atoms with Crippen LogP contribution in [0.3, 0.4) is 0 Å². The lowest BCUT2D eigenvalue weighted by Gasteiger charge is -2.07. The zero-order valence-corrected chi connectivity index (χ0v) is 13.6. The Morgan fingerprint density at radius 3 is 2.72 bits per heavy atom. The number of hydrogen-bond acceptors (Lipinski definition) is 3. The molecule has 1 aromatic heterocycles. The first-order chi connectivity index (χ1) is 8.60. The van der Waals surface area contributed by atoms with Gasteiger partial charge in [-0.05, 0) is 47.1 Å². The maximum absolute atomic E-state index is 9.07. The number of hydrogen-bond donors (Lipinski definition) is 1. The standard InChI is InChI=1S/C13H10Br2N2S/c1-8-12(15)5-11(18-8)7-17-13-3-2-10(14)4-9(13)6-16/h2-5,17H,7H2,1H3. The van der Waals surface area contributed by atoms with Crippen LogP contribution >= 0.6 is 43.2 Å².